The molecule has 0 amide bonds. The van der Waals surface area contributed by atoms with Crippen LogP contribution in [-0.2, 0) is 9.53 Å². The van der Waals surface area contributed by atoms with Crippen molar-refractivity contribution in [2.45, 2.75) is 0 Å². The van der Waals surface area contributed by atoms with Gasteiger partial charge in [-0.15, -0.1) is 0 Å². The molecule has 4 aromatic rings. The Bertz CT molecular complexity index is 1340. The zero-order valence-electron chi connectivity index (χ0n) is 16.9. The minimum absolute atomic E-state index is 0.0785. The molecule has 1 N–H and O–H groups in total. The van der Waals surface area contributed by atoms with Crippen LogP contribution in [-0.4, -0.2) is 39.7 Å². The number of aromatic hydroxyl groups is 1. The molecule has 4 rings (SSSR count). The summed E-state index contributed by atoms with van der Waals surface area (Å²) in [4.78, 5) is 31.2. The van der Waals surface area contributed by atoms with E-state index in [-0.39, 0.29) is 23.9 Å². The lowest BCUT2D eigenvalue weighted by atomic mass is 10.1. The van der Waals surface area contributed by atoms with Gasteiger partial charge in [0.1, 0.15) is 5.75 Å². The highest BCUT2D eigenvalue weighted by atomic mass is 16.6. The summed E-state index contributed by atoms with van der Waals surface area (Å²) in [5, 5.41) is 22.6. The quantitative estimate of drug-likeness (QED) is 0.274. The summed E-state index contributed by atoms with van der Waals surface area (Å²) < 4.78 is 10.1. The Balaban J connectivity index is 1.81. The van der Waals surface area contributed by atoms with Crippen molar-refractivity contribution >= 4 is 22.4 Å². The molecule has 32 heavy (non-hydrogen) atoms. The number of aromatic nitrogens is 2. The fraction of sp³-hybridized carbons (Fsp3) is 0.0870. The first-order chi connectivity index (χ1) is 15.4. The zero-order valence-corrected chi connectivity index (χ0v) is 16.9. The van der Waals surface area contributed by atoms with Crippen molar-refractivity contribution in [3.8, 4) is 34.3 Å². The Labute approximate surface area is 182 Å². The molecule has 0 saturated heterocycles. The maximum absolute atomic E-state index is 11.5. The summed E-state index contributed by atoms with van der Waals surface area (Å²) >= 11 is 0. The maximum atomic E-state index is 11.5. The van der Waals surface area contributed by atoms with Gasteiger partial charge in [-0.25, -0.2) is 9.78 Å². The number of hydrogen-bond acceptors (Lipinski definition) is 8. The van der Waals surface area contributed by atoms with Crippen LogP contribution in [0.3, 0.4) is 0 Å². The number of phenols is 1. The number of rotatable bonds is 6. The Morgan fingerprint density at radius 3 is 2.56 bits per heavy atom. The highest BCUT2D eigenvalue weighted by Crippen LogP contribution is 2.30. The first-order valence-electron chi connectivity index (χ1n) is 9.49. The third kappa shape index (κ3) is 4.46. The topological polar surface area (TPSA) is 125 Å². The molecule has 0 aliphatic carbocycles. The van der Waals surface area contributed by atoms with E-state index in [1.165, 1.54) is 25.3 Å². The summed E-state index contributed by atoms with van der Waals surface area (Å²) in [7, 11) is 1.25. The number of benzene rings is 3. The van der Waals surface area contributed by atoms with Crippen molar-refractivity contribution in [2.24, 2.45) is 0 Å². The van der Waals surface area contributed by atoms with Gasteiger partial charge < -0.3 is 14.6 Å². The van der Waals surface area contributed by atoms with Gasteiger partial charge in [-0.2, -0.15) is 4.98 Å². The van der Waals surface area contributed by atoms with Crippen LogP contribution in [0, 0.1) is 10.1 Å². The van der Waals surface area contributed by atoms with Crippen LogP contribution in [0.5, 0.6) is 11.6 Å². The maximum Gasteiger partial charge on any atom is 0.343 e. The first kappa shape index (κ1) is 20.7. The Morgan fingerprint density at radius 2 is 1.78 bits per heavy atom. The Morgan fingerprint density at radius 1 is 1.00 bits per heavy atom. The molecular formula is C23H17N3O6. The number of esters is 1. The number of hydrogen-bond donors (Lipinski definition) is 1. The number of fused-ring (bicyclic) bond motifs is 1. The average Bonchev–Trinajstić information content (AvgIpc) is 2.82. The molecule has 1 heterocycles. The molecular weight excluding hydrogens is 414 g/mol. The normalized spacial score (nSPS) is 10.7. The molecule has 0 fully saturated rings. The fourth-order valence-corrected chi connectivity index (χ4v) is 3.12. The minimum atomic E-state index is -0.576. The largest absolute Gasteiger partial charge is 0.508 e. The van der Waals surface area contributed by atoms with Crippen LogP contribution in [0.2, 0.25) is 0 Å². The van der Waals surface area contributed by atoms with E-state index in [0.29, 0.717) is 22.6 Å². The highest BCUT2D eigenvalue weighted by Gasteiger charge is 2.14. The van der Waals surface area contributed by atoms with Crippen molar-refractivity contribution in [3.05, 3.63) is 76.8 Å². The third-order valence-electron chi connectivity index (χ3n) is 4.70. The van der Waals surface area contributed by atoms with Crippen molar-refractivity contribution < 1.29 is 24.3 Å². The van der Waals surface area contributed by atoms with Gasteiger partial charge in [-0.1, -0.05) is 30.3 Å². The van der Waals surface area contributed by atoms with Crippen LogP contribution in [0.15, 0.2) is 66.7 Å². The number of ether oxygens (including phenoxy) is 2. The molecule has 0 aliphatic rings. The smallest absolute Gasteiger partial charge is 0.343 e. The van der Waals surface area contributed by atoms with Gasteiger partial charge in [0.05, 0.1) is 17.7 Å². The number of methoxy groups -OCH3 is 1. The van der Waals surface area contributed by atoms with Crippen molar-refractivity contribution in [2.75, 3.05) is 13.7 Å². The monoisotopic (exact) mass is 431 g/mol. The molecule has 0 radical (unpaired) electrons. The van der Waals surface area contributed by atoms with Crippen LogP contribution in [0.4, 0.5) is 5.69 Å². The molecule has 160 valence electrons. The Kier molecular flexibility index (Phi) is 5.63. The fourth-order valence-electron chi connectivity index (χ4n) is 3.12. The highest BCUT2D eigenvalue weighted by molar-refractivity contribution is 5.87. The van der Waals surface area contributed by atoms with E-state index >= 15 is 0 Å². The standard InChI is InChI=1S/C23H17N3O6/c1-31-22(28)13-32-21-12-20(16-3-2-4-18(10-16)26(29)30)24-23(25-21)17-6-5-15-11-19(27)8-7-14(15)9-17/h2-12,27H,13H2,1H3. The van der Waals surface area contributed by atoms with Gasteiger partial charge in [-0.05, 0) is 29.0 Å². The van der Waals surface area contributed by atoms with E-state index in [9.17, 15) is 20.0 Å². The van der Waals surface area contributed by atoms with Gasteiger partial charge >= 0.3 is 5.97 Å². The average molecular weight is 431 g/mol. The molecule has 3 aromatic carbocycles. The lowest BCUT2D eigenvalue weighted by molar-refractivity contribution is -0.384. The van der Waals surface area contributed by atoms with Gasteiger partial charge in [0.25, 0.3) is 5.69 Å². The number of phenolic OH excluding ortho intramolecular Hbond substituents is 1. The summed E-state index contributed by atoms with van der Waals surface area (Å²) in [6, 6.07) is 18.0. The number of nitro benzene ring substituents is 1. The molecule has 0 aliphatic heterocycles. The molecule has 1 aromatic heterocycles. The second-order valence-corrected chi connectivity index (χ2v) is 6.83. The van der Waals surface area contributed by atoms with Crippen molar-refractivity contribution in [3.63, 3.8) is 0 Å². The number of nitrogens with zero attached hydrogens (tertiary/aromatic N) is 3. The number of nitro groups is 1. The minimum Gasteiger partial charge on any atom is -0.508 e. The molecule has 0 unspecified atom stereocenters. The zero-order chi connectivity index (χ0) is 22.7. The number of carbonyl (C=O) groups is 1. The third-order valence-corrected chi connectivity index (χ3v) is 4.70. The van der Waals surface area contributed by atoms with E-state index < -0.39 is 10.9 Å². The van der Waals surface area contributed by atoms with E-state index in [2.05, 4.69) is 14.7 Å². The predicted molar refractivity (Wildman–Crippen MR) is 116 cm³/mol. The van der Waals surface area contributed by atoms with E-state index in [4.69, 9.17) is 4.74 Å². The van der Waals surface area contributed by atoms with Crippen molar-refractivity contribution in [1.29, 1.82) is 0 Å². The predicted octanol–water partition coefficient (Wildman–Crippen LogP) is 4.13. The lowest BCUT2D eigenvalue weighted by Gasteiger charge is -2.10. The van der Waals surface area contributed by atoms with Crippen molar-refractivity contribution in [1.82, 2.24) is 9.97 Å². The molecule has 9 heteroatoms. The van der Waals surface area contributed by atoms with Crippen LogP contribution in [0.25, 0.3) is 33.4 Å². The van der Waals surface area contributed by atoms with Gasteiger partial charge in [-0.3, -0.25) is 10.1 Å². The van der Waals surface area contributed by atoms with E-state index in [1.807, 2.05) is 12.1 Å². The van der Waals surface area contributed by atoms with Gasteiger partial charge in [0.2, 0.25) is 5.88 Å². The van der Waals surface area contributed by atoms with E-state index in [0.717, 1.165) is 10.8 Å². The summed E-state index contributed by atoms with van der Waals surface area (Å²) in [5.41, 5.74) is 1.48. The molecule has 9 nitrogen and oxygen atoms in total. The first-order valence-corrected chi connectivity index (χ1v) is 9.49. The molecule has 0 atom stereocenters. The van der Waals surface area contributed by atoms with Gasteiger partial charge in [0, 0.05) is 29.3 Å². The molecule has 0 saturated carbocycles. The van der Waals surface area contributed by atoms with Crippen LogP contribution >= 0.6 is 0 Å². The summed E-state index contributed by atoms with van der Waals surface area (Å²) in [6.45, 7) is -0.349. The number of non-ortho nitro benzene ring substituents is 1. The summed E-state index contributed by atoms with van der Waals surface area (Å²) in [5.74, 6) is 0.0109. The van der Waals surface area contributed by atoms with Gasteiger partial charge in [0.15, 0.2) is 12.4 Å². The van der Waals surface area contributed by atoms with Crippen LogP contribution < -0.4 is 4.74 Å². The number of carbonyl (C=O) groups excluding carboxylic acids is 1. The molecule has 0 bridgehead atoms. The second kappa shape index (κ2) is 8.68. The molecule has 0 spiro atoms. The SMILES string of the molecule is COC(=O)COc1cc(-c2cccc([N+](=O)[O-])c2)nc(-c2ccc3cc(O)ccc3c2)n1. The van der Waals surface area contributed by atoms with E-state index in [1.54, 1.807) is 36.4 Å². The second-order valence-electron chi connectivity index (χ2n) is 6.83. The summed E-state index contributed by atoms with van der Waals surface area (Å²) in [6.07, 6.45) is 0. The van der Waals surface area contributed by atoms with Crippen LogP contribution in [0.1, 0.15) is 0 Å². The Hall–Kier alpha value is -4.53. The lowest BCUT2D eigenvalue weighted by Crippen LogP contribution is -2.13.